The van der Waals surface area contributed by atoms with Crippen LogP contribution in [-0.2, 0) is 4.74 Å². The molecule has 1 aromatic rings. The molecule has 0 unspecified atom stereocenters. The van der Waals surface area contributed by atoms with E-state index >= 15 is 0 Å². The lowest BCUT2D eigenvalue weighted by Crippen LogP contribution is -2.06. The molecule has 0 aliphatic rings. The van der Waals surface area contributed by atoms with E-state index in [0.29, 0.717) is 0 Å². The van der Waals surface area contributed by atoms with Crippen LogP contribution in [0.3, 0.4) is 0 Å². The minimum absolute atomic E-state index is 0.0342. The van der Waals surface area contributed by atoms with E-state index in [2.05, 4.69) is 4.74 Å². The van der Waals surface area contributed by atoms with E-state index in [4.69, 9.17) is 11.0 Å². The number of halogens is 1. The lowest BCUT2D eigenvalue weighted by molar-refractivity contribution is 0.0554. The van der Waals surface area contributed by atoms with Crippen molar-refractivity contribution >= 4 is 11.7 Å². The second-order valence-electron chi connectivity index (χ2n) is 2.47. The van der Waals surface area contributed by atoms with Gasteiger partial charge in [-0.05, 0) is 18.2 Å². The Morgan fingerprint density at radius 3 is 2.93 bits per heavy atom. The molecule has 0 heterocycles. The number of hydrogen-bond donors (Lipinski definition) is 1. The summed E-state index contributed by atoms with van der Waals surface area (Å²) < 4.78 is 17.3. The zero-order valence-electron chi connectivity index (χ0n) is 7.16. The SMILES string of the molecule is N#CCOC(=O)c1ccc(N)c(F)c1. The maximum Gasteiger partial charge on any atom is 0.339 e. The molecule has 0 saturated carbocycles. The second-order valence-corrected chi connectivity index (χ2v) is 2.47. The number of nitrogens with two attached hydrogens (primary N) is 1. The number of benzene rings is 1. The minimum atomic E-state index is -0.745. The predicted molar refractivity (Wildman–Crippen MR) is 46.7 cm³/mol. The van der Waals surface area contributed by atoms with Crippen LogP contribution in [0.25, 0.3) is 0 Å². The summed E-state index contributed by atoms with van der Waals surface area (Å²) in [5, 5.41) is 8.14. The largest absolute Gasteiger partial charge is 0.447 e. The predicted octanol–water partition coefficient (Wildman–Crippen LogP) is 1.09. The Balaban J connectivity index is 2.82. The lowest BCUT2D eigenvalue weighted by Gasteiger charge is -2.01. The van der Waals surface area contributed by atoms with E-state index in [1.807, 2.05) is 0 Å². The molecule has 2 N–H and O–H groups in total. The molecule has 0 amide bonds. The number of hydrogen-bond acceptors (Lipinski definition) is 4. The van der Waals surface area contributed by atoms with Gasteiger partial charge >= 0.3 is 5.97 Å². The highest BCUT2D eigenvalue weighted by atomic mass is 19.1. The molecule has 72 valence electrons. The van der Waals surface area contributed by atoms with Gasteiger partial charge in [-0.3, -0.25) is 0 Å². The maximum absolute atomic E-state index is 12.9. The topological polar surface area (TPSA) is 76.1 Å². The van der Waals surface area contributed by atoms with Crippen molar-refractivity contribution in [1.82, 2.24) is 0 Å². The van der Waals surface area contributed by atoms with Crippen LogP contribution in [0.1, 0.15) is 10.4 Å². The molecule has 0 fully saturated rings. The molecule has 1 rings (SSSR count). The number of nitriles is 1. The maximum atomic E-state index is 12.9. The van der Waals surface area contributed by atoms with Crippen molar-refractivity contribution in [2.75, 3.05) is 12.3 Å². The van der Waals surface area contributed by atoms with Gasteiger partial charge in [0.2, 0.25) is 0 Å². The van der Waals surface area contributed by atoms with Crippen LogP contribution in [0.2, 0.25) is 0 Å². The fraction of sp³-hybridized carbons (Fsp3) is 0.111. The van der Waals surface area contributed by atoms with Crippen molar-refractivity contribution in [2.45, 2.75) is 0 Å². The zero-order valence-corrected chi connectivity index (χ0v) is 7.16. The van der Waals surface area contributed by atoms with Crippen molar-refractivity contribution < 1.29 is 13.9 Å². The molecule has 0 saturated heterocycles. The molecule has 0 spiro atoms. The summed E-state index contributed by atoms with van der Waals surface area (Å²) in [5.74, 6) is -1.43. The summed E-state index contributed by atoms with van der Waals surface area (Å²) in [6, 6.07) is 5.19. The molecular formula is C9H7FN2O2. The number of anilines is 1. The third-order valence-corrected chi connectivity index (χ3v) is 1.50. The van der Waals surface area contributed by atoms with Gasteiger partial charge in [0, 0.05) is 0 Å². The number of carbonyl (C=O) groups excluding carboxylic acids is 1. The number of rotatable bonds is 2. The van der Waals surface area contributed by atoms with Gasteiger partial charge in [-0.2, -0.15) is 5.26 Å². The van der Waals surface area contributed by atoms with Crippen LogP contribution in [0, 0.1) is 17.1 Å². The van der Waals surface area contributed by atoms with Crippen LogP contribution in [-0.4, -0.2) is 12.6 Å². The molecule has 0 atom stereocenters. The molecule has 4 nitrogen and oxygen atoms in total. The molecule has 0 aliphatic heterocycles. The Labute approximate surface area is 79.7 Å². The molecular weight excluding hydrogens is 187 g/mol. The third kappa shape index (κ3) is 2.20. The van der Waals surface area contributed by atoms with Crippen molar-refractivity contribution in [3.8, 4) is 6.07 Å². The van der Waals surface area contributed by atoms with Crippen LogP contribution in [0.4, 0.5) is 10.1 Å². The quantitative estimate of drug-likeness (QED) is 0.564. The molecule has 1 aromatic carbocycles. The fourth-order valence-corrected chi connectivity index (χ4v) is 0.835. The van der Waals surface area contributed by atoms with Gasteiger partial charge in [-0.25, -0.2) is 9.18 Å². The zero-order chi connectivity index (χ0) is 10.6. The number of nitrogen functional groups attached to an aromatic ring is 1. The monoisotopic (exact) mass is 194 g/mol. The number of ether oxygens (including phenoxy) is 1. The van der Waals surface area contributed by atoms with Crippen LogP contribution in [0.5, 0.6) is 0 Å². The summed E-state index contributed by atoms with van der Waals surface area (Å²) in [6.07, 6.45) is 0. The van der Waals surface area contributed by atoms with Gasteiger partial charge in [0.1, 0.15) is 11.9 Å². The average Bonchev–Trinajstić information content (AvgIpc) is 2.18. The first-order valence-corrected chi connectivity index (χ1v) is 3.74. The summed E-state index contributed by atoms with van der Waals surface area (Å²) in [7, 11) is 0. The van der Waals surface area contributed by atoms with E-state index in [-0.39, 0.29) is 17.9 Å². The molecule has 0 aliphatic carbocycles. The van der Waals surface area contributed by atoms with Gasteiger partial charge in [0.25, 0.3) is 0 Å². The number of nitrogens with zero attached hydrogens (tertiary/aromatic N) is 1. The van der Waals surface area contributed by atoms with Crippen LogP contribution in [0.15, 0.2) is 18.2 Å². The lowest BCUT2D eigenvalue weighted by atomic mass is 10.2. The Hall–Kier alpha value is -2.09. The van der Waals surface area contributed by atoms with Gasteiger partial charge in [-0.1, -0.05) is 0 Å². The van der Waals surface area contributed by atoms with Crippen LogP contribution < -0.4 is 5.73 Å². The van der Waals surface area contributed by atoms with E-state index in [0.717, 1.165) is 6.07 Å². The van der Waals surface area contributed by atoms with Crippen molar-refractivity contribution in [3.05, 3.63) is 29.6 Å². The van der Waals surface area contributed by atoms with Crippen molar-refractivity contribution in [1.29, 1.82) is 5.26 Å². The Kier molecular flexibility index (Phi) is 3.02. The number of esters is 1. The van der Waals surface area contributed by atoms with Gasteiger partial charge in [0.05, 0.1) is 11.3 Å². The van der Waals surface area contributed by atoms with Gasteiger partial charge in [-0.15, -0.1) is 0 Å². The standard InChI is InChI=1S/C9H7FN2O2/c10-7-5-6(1-2-8(7)12)9(13)14-4-3-11/h1-2,5H,4,12H2. The van der Waals surface area contributed by atoms with Gasteiger partial charge in [0.15, 0.2) is 6.61 Å². The highest BCUT2D eigenvalue weighted by Crippen LogP contribution is 2.12. The minimum Gasteiger partial charge on any atom is -0.447 e. The number of carbonyl (C=O) groups is 1. The smallest absolute Gasteiger partial charge is 0.339 e. The summed E-state index contributed by atoms with van der Waals surface area (Å²) in [5.41, 5.74) is 5.20. The Morgan fingerprint density at radius 1 is 1.64 bits per heavy atom. The van der Waals surface area contributed by atoms with Crippen molar-refractivity contribution in [3.63, 3.8) is 0 Å². The first-order chi connectivity index (χ1) is 6.65. The van der Waals surface area contributed by atoms with E-state index in [1.54, 1.807) is 6.07 Å². The highest BCUT2D eigenvalue weighted by molar-refractivity contribution is 5.89. The van der Waals surface area contributed by atoms with Crippen LogP contribution >= 0.6 is 0 Å². The highest BCUT2D eigenvalue weighted by Gasteiger charge is 2.08. The normalized spacial score (nSPS) is 9.14. The third-order valence-electron chi connectivity index (χ3n) is 1.50. The first-order valence-electron chi connectivity index (χ1n) is 3.74. The summed E-state index contributed by atoms with van der Waals surface area (Å²) in [6.45, 7) is -0.356. The molecule has 0 aromatic heterocycles. The molecule has 5 heteroatoms. The molecule has 0 radical (unpaired) electrons. The fourth-order valence-electron chi connectivity index (χ4n) is 0.835. The summed E-state index contributed by atoms with van der Waals surface area (Å²) in [4.78, 5) is 11.1. The van der Waals surface area contributed by atoms with Gasteiger partial charge < -0.3 is 10.5 Å². The van der Waals surface area contributed by atoms with Crippen molar-refractivity contribution in [2.24, 2.45) is 0 Å². The average molecular weight is 194 g/mol. The van der Waals surface area contributed by atoms with E-state index in [1.165, 1.54) is 12.1 Å². The molecule has 14 heavy (non-hydrogen) atoms. The Morgan fingerprint density at radius 2 is 2.36 bits per heavy atom. The second kappa shape index (κ2) is 4.23. The first kappa shape index (κ1) is 9.99. The molecule has 0 bridgehead atoms. The summed E-state index contributed by atoms with van der Waals surface area (Å²) >= 11 is 0. The Bertz CT molecular complexity index is 398. The van der Waals surface area contributed by atoms with E-state index in [9.17, 15) is 9.18 Å². The van der Waals surface area contributed by atoms with E-state index < -0.39 is 11.8 Å².